The number of nitrogens with one attached hydrogen (secondary N) is 3. The monoisotopic (exact) mass is 580 g/mol. The Bertz CT molecular complexity index is 1510. The van der Waals surface area contributed by atoms with Crippen molar-refractivity contribution in [2.75, 3.05) is 6.54 Å². The number of hydrogen-bond donors (Lipinski definition) is 3. The number of carbonyl (C=O) groups is 3. The summed E-state index contributed by atoms with van der Waals surface area (Å²) in [7, 11) is -4.11. The van der Waals surface area contributed by atoms with Gasteiger partial charge >= 0.3 is 0 Å². The summed E-state index contributed by atoms with van der Waals surface area (Å²) in [5.41, 5.74) is 1.29. The van der Waals surface area contributed by atoms with Crippen LogP contribution in [0.3, 0.4) is 0 Å². The summed E-state index contributed by atoms with van der Waals surface area (Å²) in [5.74, 6) is -1.92. The minimum atomic E-state index is -4.11. The Labute approximate surface area is 237 Å². The molecule has 4 atom stereocenters. The Morgan fingerprint density at radius 1 is 1.00 bits per heavy atom. The molecule has 0 saturated carbocycles. The second-order valence-corrected chi connectivity index (χ2v) is 12.4. The minimum Gasteiger partial charge on any atom is -0.349 e. The van der Waals surface area contributed by atoms with Crippen LogP contribution in [-0.2, 0) is 37.4 Å². The van der Waals surface area contributed by atoms with Crippen LogP contribution in [0.5, 0.6) is 0 Å². The molecular weight excluding hydrogens is 548 g/mol. The number of rotatable bonds is 5. The van der Waals surface area contributed by atoms with E-state index in [1.807, 2.05) is 30.3 Å². The van der Waals surface area contributed by atoms with E-state index >= 15 is 0 Å². The van der Waals surface area contributed by atoms with Crippen molar-refractivity contribution in [1.82, 2.24) is 40.2 Å². The van der Waals surface area contributed by atoms with Gasteiger partial charge in [-0.15, -0.1) is 5.10 Å². The maximum atomic E-state index is 13.7. The van der Waals surface area contributed by atoms with Crippen molar-refractivity contribution in [3.8, 4) is 0 Å². The first-order chi connectivity index (χ1) is 19.6. The molecule has 1 fully saturated rings. The lowest BCUT2D eigenvalue weighted by molar-refractivity contribution is -0.133. The van der Waals surface area contributed by atoms with Crippen LogP contribution in [0.4, 0.5) is 0 Å². The molecule has 4 bridgehead atoms. The number of carbonyl (C=O) groups excluding carboxylic acids is 3. The van der Waals surface area contributed by atoms with Gasteiger partial charge in [-0.05, 0) is 30.0 Å². The van der Waals surface area contributed by atoms with Crippen LogP contribution < -0.4 is 16.0 Å². The van der Waals surface area contributed by atoms with Gasteiger partial charge in [0.25, 0.3) is 0 Å². The first kappa shape index (κ1) is 28.4. The molecule has 5 rings (SSSR count). The molecule has 0 radical (unpaired) electrons. The molecule has 2 aliphatic heterocycles. The lowest BCUT2D eigenvalue weighted by Crippen LogP contribution is -2.58. The van der Waals surface area contributed by atoms with Crippen LogP contribution >= 0.6 is 0 Å². The van der Waals surface area contributed by atoms with Crippen molar-refractivity contribution in [1.29, 1.82) is 0 Å². The zero-order valence-electron chi connectivity index (χ0n) is 22.7. The summed E-state index contributed by atoms with van der Waals surface area (Å²) in [6.45, 7) is 3.55. The summed E-state index contributed by atoms with van der Waals surface area (Å²) in [6.07, 6.45) is 4.67. The third-order valence-corrected chi connectivity index (χ3v) is 9.17. The molecule has 3 amide bonds. The topological polar surface area (TPSA) is 168 Å². The van der Waals surface area contributed by atoms with Gasteiger partial charge in [0.15, 0.2) is 0 Å². The quantitative estimate of drug-likeness (QED) is 0.384. The van der Waals surface area contributed by atoms with Crippen LogP contribution in [0.25, 0.3) is 0 Å². The van der Waals surface area contributed by atoms with E-state index in [-0.39, 0.29) is 36.7 Å². The molecule has 2 aliphatic rings. The molecule has 0 spiro atoms. The van der Waals surface area contributed by atoms with Gasteiger partial charge in [0.1, 0.15) is 28.7 Å². The van der Waals surface area contributed by atoms with Crippen LogP contribution in [-0.4, -0.2) is 75.1 Å². The molecular formula is C27H32N8O5S. The Hall–Kier alpha value is -4.17. The molecule has 0 aliphatic carbocycles. The molecule has 3 N–H and O–H groups in total. The number of hydrogen-bond acceptors (Lipinski definition) is 8. The summed E-state index contributed by atoms with van der Waals surface area (Å²) >= 11 is 0. The van der Waals surface area contributed by atoms with Crippen molar-refractivity contribution >= 4 is 27.7 Å². The smallest absolute Gasteiger partial charge is 0.245 e. The van der Waals surface area contributed by atoms with Crippen molar-refractivity contribution in [3.05, 3.63) is 72.3 Å². The number of pyridine rings is 1. The molecule has 1 saturated heterocycles. The Kier molecular flexibility index (Phi) is 8.13. The van der Waals surface area contributed by atoms with Crippen molar-refractivity contribution in [3.63, 3.8) is 0 Å². The third-order valence-electron chi connectivity index (χ3n) is 7.32. The fraction of sp³-hybridized carbons (Fsp3) is 0.407. The van der Waals surface area contributed by atoms with Gasteiger partial charge in [0.05, 0.1) is 18.8 Å². The van der Waals surface area contributed by atoms with Crippen LogP contribution in [0.1, 0.15) is 37.6 Å². The predicted molar refractivity (Wildman–Crippen MR) is 146 cm³/mol. The number of nitrogens with zero attached hydrogens (tertiary/aromatic N) is 5. The van der Waals surface area contributed by atoms with E-state index in [0.29, 0.717) is 5.69 Å². The Morgan fingerprint density at radius 2 is 1.78 bits per heavy atom. The van der Waals surface area contributed by atoms with Crippen molar-refractivity contribution in [2.45, 2.75) is 62.3 Å². The lowest BCUT2D eigenvalue weighted by atomic mass is 10.0. The second kappa shape index (κ2) is 11.7. The molecule has 1 aromatic carbocycles. The van der Waals surface area contributed by atoms with Crippen molar-refractivity contribution in [2.24, 2.45) is 5.92 Å². The number of aromatic nitrogens is 4. The van der Waals surface area contributed by atoms with Gasteiger partial charge in [-0.25, -0.2) is 13.1 Å². The minimum absolute atomic E-state index is 0.0395. The van der Waals surface area contributed by atoms with E-state index in [0.717, 1.165) is 9.87 Å². The molecule has 4 heterocycles. The van der Waals surface area contributed by atoms with Crippen LogP contribution in [0, 0.1) is 5.92 Å². The van der Waals surface area contributed by atoms with Crippen LogP contribution in [0.15, 0.2) is 66.0 Å². The highest BCUT2D eigenvalue weighted by molar-refractivity contribution is 7.89. The van der Waals surface area contributed by atoms with Crippen molar-refractivity contribution < 1.29 is 22.8 Å². The maximum Gasteiger partial charge on any atom is 0.245 e. The van der Waals surface area contributed by atoms with E-state index in [4.69, 9.17) is 0 Å². The third kappa shape index (κ3) is 6.12. The molecule has 3 aromatic rings. The number of amides is 3. The normalized spacial score (nSPS) is 24.2. The van der Waals surface area contributed by atoms with E-state index in [9.17, 15) is 22.8 Å². The van der Waals surface area contributed by atoms with E-state index in [2.05, 4.69) is 31.2 Å². The fourth-order valence-electron chi connectivity index (χ4n) is 5.09. The standard InChI is InChI=1S/C27H32N8O5S/c1-17(2)24-27(38)30-22(11-18-7-4-3-5-8-18)25(36)29-13-19-15-34(33-32-19)20-12-23(26(37)31-24)35(16-20)41(39,40)21-9-6-10-28-14-21/h3-10,14-15,17,20,22-24H,11-13,16H2,1-2H3,(H,29,36)(H,30,38)(H,31,37)/t20-,22+,23-,24-/m0/s1. The highest BCUT2D eigenvalue weighted by Gasteiger charge is 2.46. The van der Waals surface area contributed by atoms with Crippen LogP contribution in [0.2, 0.25) is 0 Å². The highest BCUT2D eigenvalue weighted by Crippen LogP contribution is 2.32. The van der Waals surface area contributed by atoms with Gasteiger partial charge in [-0.1, -0.05) is 49.4 Å². The van der Waals surface area contributed by atoms with Gasteiger partial charge in [-0.3, -0.25) is 19.4 Å². The van der Waals surface area contributed by atoms with Gasteiger partial charge in [-0.2, -0.15) is 4.31 Å². The molecule has 216 valence electrons. The van der Waals surface area contributed by atoms with E-state index < -0.39 is 51.9 Å². The first-order valence-electron chi connectivity index (χ1n) is 13.4. The van der Waals surface area contributed by atoms with Gasteiger partial charge in [0, 0.05) is 25.4 Å². The Morgan fingerprint density at radius 3 is 2.49 bits per heavy atom. The Balaban J connectivity index is 1.50. The van der Waals surface area contributed by atoms with Gasteiger partial charge in [0.2, 0.25) is 27.7 Å². The fourth-order valence-corrected chi connectivity index (χ4v) is 6.69. The molecule has 14 heteroatoms. The molecule has 41 heavy (non-hydrogen) atoms. The SMILES string of the molecule is CC(C)[C@@H]1NC(=O)[C@@H]2C[C@@H](CN2S(=O)(=O)c2cccnc2)n2cc(nn2)CNC(=O)[C@@H](Cc2ccccc2)NC1=O. The molecule has 13 nitrogen and oxygen atoms in total. The number of sulfonamides is 1. The number of benzene rings is 1. The zero-order valence-corrected chi connectivity index (χ0v) is 23.5. The van der Waals surface area contributed by atoms with E-state index in [1.54, 1.807) is 20.0 Å². The lowest BCUT2D eigenvalue weighted by Gasteiger charge is -2.28. The molecule has 2 aromatic heterocycles. The maximum absolute atomic E-state index is 13.7. The highest BCUT2D eigenvalue weighted by atomic mass is 32.2. The average molecular weight is 581 g/mol. The summed E-state index contributed by atoms with van der Waals surface area (Å²) < 4.78 is 29.9. The summed E-state index contributed by atoms with van der Waals surface area (Å²) in [6, 6.07) is 8.63. The first-order valence-corrected chi connectivity index (χ1v) is 14.8. The average Bonchev–Trinajstić information content (AvgIpc) is 3.63. The summed E-state index contributed by atoms with van der Waals surface area (Å²) in [4.78, 5) is 44.4. The van der Waals surface area contributed by atoms with E-state index in [1.165, 1.54) is 29.2 Å². The zero-order chi connectivity index (χ0) is 29.1. The largest absolute Gasteiger partial charge is 0.349 e. The second-order valence-electron chi connectivity index (χ2n) is 10.6. The number of fused-ring (bicyclic) bond motifs is 5. The molecule has 0 unspecified atom stereocenters. The summed E-state index contributed by atoms with van der Waals surface area (Å²) in [5, 5.41) is 16.7. The van der Waals surface area contributed by atoms with Gasteiger partial charge < -0.3 is 16.0 Å². The predicted octanol–water partition coefficient (Wildman–Crippen LogP) is 0.176.